The second-order valence-electron chi connectivity index (χ2n) is 8.15. The second kappa shape index (κ2) is 9.34. The molecule has 9 nitrogen and oxygen atoms in total. The highest BCUT2D eigenvalue weighted by molar-refractivity contribution is 7.15. The first-order valence-electron chi connectivity index (χ1n) is 10.9. The van der Waals surface area contributed by atoms with Gasteiger partial charge in [0.15, 0.2) is 5.82 Å². The summed E-state index contributed by atoms with van der Waals surface area (Å²) in [5.41, 5.74) is 0.928. The number of urea groups is 1. The molecule has 0 saturated carbocycles. The average Bonchev–Trinajstić information content (AvgIpc) is 3.53. The van der Waals surface area contributed by atoms with E-state index in [2.05, 4.69) is 20.1 Å². The molecule has 35 heavy (non-hydrogen) atoms. The highest BCUT2D eigenvalue weighted by atomic mass is 32.1. The molecule has 1 unspecified atom stereocenters. The summed E-state index contributed by atoms with van der Waals surface area (Å²) in [5.74, 6) is -0.652. The molecular weight excluding hydrogens is 474 g/mol. The van der Waals surface area contributed by atoms with Gasteiger partial charge in [-0.05, 0) is 30.7 Å². The predicted molar refractivity (Wildman–Crippen MR) is 126 cm³/mol. The van der Waals surface area contributed by atoms with Crippen LogP contribution in [-0.2, 0) is 0 Å². The van der Waals surface area contributed by atoms with Gasteiger partial charge in [0.2, 0.25) is 5.95 Å². The highest BCUT2D eigenvalue weighted by Crippen LogP contribution is 2.31. The van der Waals surface area contributed by atoms with Crippen molar-refractivity contribution in [2.45, 2.75) is 19.4 Å². The predicted octanol–water partition coefficient (Wildman–Crippen LogP) is 3.73. The molecule has 3 aromatic rings. The number of hydrogen-bond donors (Lipinski definition) is 0. The van der Waals surface area contributed by atoms with E-state index < -0.39 is 17.7 Å². The summed E-state index contributed by atoms with van der Waals surface area (Å²) in [6.07, 6.45) is 4.80. The average molecular weight is 495 g/mol. The minimum Gasteiger partial charge on any atom is -0.337 e. The molecule has 0 radical (unpaired) electrons. The number of benzene rings is 1. The Morgan fingerprint density at radius 1 is 1.14 bits per heavy atom. The number of piperazine rings is 1. The number of hydrazone groups is 1. The normalized spacial score (nSPS) is 17.7. The maximum atomic E-state index is 14.3. The fraction of sp³-hybridized carbons (Fsp3) is 0.304. The quantitative estimate of drug-likeness (QED) is 0.550. The van der Waals surface area contributed by atoms with E-state index in [-0.39, 0.29) is 17.3 Å². The van der Waals surface area contributed by atoms with Crippen molar-refractivity contribution in [2.75, 3.05) is 31.1 Å². The molecule has 2 aliphatic heterocycles. The standard InChI is InChI=1S/C23H20F2N8OS/c1-14-27-13-20(35-14)21-18(25)12-28-22(30-21)31-4-6-32(7-5-31)23(34)33-19(2-3-29-33)16-8-15(11-26)9-17(24)10-16/h3,8-10,12-13,19H,2,4-7H2,1H3. The van der Waals surface area contributed by atoms with Crippen LogP contribution < -0.4 is 4.90 Å². The van der Waals surface area contributed by atoms with Gasteiger partial charge in [0.05, 0.1) is 33.8 Å². The van der Waals surface area contributed by atoms with Crippen LogP contribution in [-0.4, -0.2) is 63.3 Å². The van der Waals surface area contributed by atoms with E-state index >= 15 is 0 Å². The number of aromatic nitrogens is 3. The summed E-state index contributed by atoms with van der Waals surface area (Å²) in [7, 11) is 0. The Bertz CT molecular complexity index is 1350. The van der Waals surface area contributed by atoms with Crippen LogP contribution in [0.3, 0.4) is 0 Å². The summed E-state index contributed by atoms with van der Waals surface area (Å²) < 4.78 is 28.3. The lowest BCUT2D eigenvalue weighted by atomic mass is 10.0. The number of amides is 2. The summed E-state index contributed by atoms with van der Waals surface area (Å²) in [6, 6.07) is 5.22. The van der Waals surface area contributed by atoms with E-state index in [9.17, 15) is 13.6 Å². The van der Waals surface area contributed by atoms with Crippen molar-refractivity contribution in [2.24, 2.45) is 5.10 Å². The second-order valence-corrected chi connectivity index (χ2v) is 9.38. The Morgan fingerprint density at radius 2 is 1.94 bits per heavy atom. The fourth-order valence-corrected chi connectivity index (χ4v) is 4.91. The van der Waals surface area contributed by atoms with Crippen molar-refractivity contribution in [1.29, 1.82) is 5.26 Å². The van der Waals surface area contributed by atoms with Crippen molar-refractivity contribution >= 4 is 29.5 Å². The minimum absolute atomic E-state index is 0.195. The first kappa shape index (κ1) is 22.8. The number of carbonyl (C=O) groups excluding carboxylic acids is 1. The summed E-state index contributed by atoms with van der Waals surface area (Å²) >= 11 is 1.36. The maximum absolute atomic E-state index is 14.3. The van der Waals surface area contributed by atoms with Gasteiger partial charge >= 0.3 is 6.03 Å². The molecule has 2 amide bonds. The summed E-state index contributed by atoms with van der Waals surface area (Å²) in [4.78, 5) is 30.1. The van der Waals surface area contributed by atoms with Crippen LogP contribution in [0.1, 0.15) is 28.6 Å². The van der Waals surface area contributed by atoms with Gasteiger partial charge in [0, 0.05) is 45.0 Å². The van der Waals surface area contributed by atoms with E-state index in [1.807, 2.05) is 17.9 Å². The number of carbonyl (C=O) groups is 1. The van der Waals surface area contributed by atoms with Crippen molar-refractivity contribution in [3.63, 3.8) is 0 Å². The molecule has 2 aromatic heterocycles. The topological polar surface area (TPSA) is 102 Å². The van der Waals surface area contributed by atoms with Gasteiger partial charge in [-0.1, -0.05) is 0 Å². The van der Waals surface area contributed by atoms with Crippen LogP contribution >= 0.6 is 11.3 Å². The largest absolute Gasteiger partial charge is 0.341 e. The number of thiazole rings is 1. The Kier molecular flexibility index (Phi) is 6.08. The van der Waals surface area contributed by atoms with Crippen LogP contribution in [0.5, 0.6) is 0 Å². The zero-order chi connectivity index (χ0) is 24.5. The third-order valence-corrected chi connectivity index (χ3v) is 6.80. The molecule has 0 spiro atoms. The Hall–Kier alpha value is -3.98. The molecule has 0 aliphatic carbocycles. The first-order valence-corrected chi connectivity index (χ1v) is 11.8. The SMILES string of the molecule is Cc1ncc(-c2nc(N3CCN(C(=O)N4N=CCC4c4cc(F)cc(C#N)c4)CC3)ncc2F)s1. The highest BCUT2D eigenvalue weighted by Gasteiger charge is 2.34. The first-order chi connectivity index (χ1) is 16.9. The Labute approximate surface area is 204 Å². The number of hydrogen-bond acceptors (Lipinski definition) is 8. The molecule has 4 heterocycles. The smallest absolute Gasteiger partial charge is 0.337 e. The molecule has 1 aromatic carbocycles. The van der Waals surface area contributed by atoms with E-state index in [1.54, 1.807) is 23.4 Å². The van der Waals surface area contributed by atoms with Crippen molar-refractivity contribution in [3.8, 4) is 16.6 Å². The zero-order valence-electron chi connectivity index (χ0n) is 18.7. The monoisotopic (exact) mass is 494 g/mol. The molecule has 12 heteroatoms. The number of rotatable bonds is 3. The molecule has 5 rings (SSSR count). The summed E-state index contributed by atoms with van der Waals surface area (Å²) in [6.45, 7) is 3.54. The van der Waals surface area contributed by atoms with E-state index in [1.165, 1.54) is 22.4 Å². The van der Waals surface area contributed by atoms with Gasteiger partial charge in [-0.15, -0.1) is 11.3 Å². The van der Waals surface area contributed by atoms with Gasteiger partial charge in [0.25, 0.3) is 0 Å². The van der Waals surface area contributed by atoms with Crippen LogP contribution in [0, 0.1) is 29.9 Å². The van der Waals surface area contributed by atoms with Crippen LogP contribution in [0.15, 0.2) is 35.7 Å². The maximum Gasteiger partial charge on any atom is 0.341 e. The molecule has 1 saturated heterocycles. The fourth-order valence-electron chi connectivity index (χ4n) is 4.14. The Balaban J connectivity index is 1.28. The molecule has 0 N–H and O–H groups in total. The molecule has 0 bridgehead atoms. The van der Waals surface area contributed by atoms with Crippen molar-refractivity contribution in [1.82, 2.24) is 24.9 Å². The van der Waals surface area contributed by atoms with Crippen LogP contribution in [0.2, 0.25) is 0 Å². The van der Waals surface area contributed by atoms with Gasteiger partial charge in [-0.3, -0.25) is 0 Å². The van der Waals surface area contributed by atoms with Gasteiger partial charge < -0.3 is 9.80 Å². The van der Waals surface area contributed by atoms with Crippen LogP contribution in [0.4, 0.5) is 19.5 Å². The number of anilines is 1. The van der Waals surface area contributed by atoms with Crippen LogP contribution in [0.25, 0.3) is 10.6 Å². The molecule has 1 fully saturated rings. The molecule has 2 aliphatic rings. The minimum atomic E-state index is -0.529. The van der Waals surface area contributed by atoms with Gasteiger partial charge in [0.1, 0.15) is 11.5 Å². The lowest BCUT2D eigenvalue weighted by Gasteiger charge is -2.37. The van der Waals surface area contributed by atoms with E-state index in [4.69, 9.17) is 5.26 Å². The molecular formula is C23H20F2N8OS. The van der Waals surface area contributed by atoms with E-state index in [0.29, 0.717) is 49.0 Å². The molecule has 1 atom stereocenters. The van der Waals surface area contributed by atoms with Gasteiger partial charge in [-0.25, -0.2) is 33.5 Å². The lowest BCUT2D eigenvalue weighted by Crippen LogP contribution is -2.52. The summed E-state index contributed by atoms with van der Waals surface area (Å²) in [5, 5.41) is 15.5. The lowest BCUT2D eigenvalue weighted by molar-refractivity contribution is 0.139. The van der Waals surface area contributed by atoms with Crippen molar-refractivity contribution < 1.29 is 13.6 Å². The third-order valence-electron chi connectivity index (χ3n) is 5.88. The number of halogens is 2. The third kappa shape index (κ3) is 4.54. The number of nitrogens with zero attached hydrogens (tertiary/aromatic N) is 8. The van der Waals surface area contributed by atoms with E-state index in [0.717, 1.165) is 17.3 Å². The van der Waals surface area contributed by atoms with Crippen molar-refractivity contribution in [3.05, 3.63) is 58.4 Å². The Morgan fingerprint density at radius 3 is 2.66 bits per heavy atom. The zero-order valence-corrected chi connectivity index (χ0v) is 19.5. The number of aryl methyl sites for hydroxylation is 1. The molecule has 178 valence electrons. The van der Waals surface area contributed by atoms with Gasteiger partial charge in [-0.2, -0.15) is 10.4 Å². The number of nitriles is 1.